The summed E-state index contributed by atoms with van der Waals surface area (Å²) in [7, 11) is 0. The highest BCUT2D eigenvalue weighted by molar-refractivity contribution is 14.1. The van der Waals surface area contributed by atoms with Crippen LogP contribution in [0.5, 0.6) is 5.75 Å². The number of nitrogens with zero attached hydrogens (tertiary/aromatic N) is 2. The molecule has 0 fully saturated rings. The first-order valence-corrected chi connectivity index (χ1v) is 12.3. The third-order valence-electron chi connectivity index (χ3n) is 4.33. The maximum absolute atomic E-state index is 12.5. The summed E-state index contributed by atoms with van der Waals surface area (Å²) in [5.41, 5.74) is 2.07. The minimum atomic E-state index is -0.497. The fourth-order valence-corrected chi connectivity index (χ4v) is 5.11. The monoisotopic (exact) mass is 729 g/mol. The molecule has 0 radical (unpaired) electrons. The lowest BCUT2D eigenvalue weighted by Gasteiger charge is -2.12. The van der Waals surface area contributed by atoms with Gasteiger partial charge in [-0.25, -0.2) is 0 Å². The number of nitro benzene ring substituents is 1. The molecule has 1 N–H and O–H groups in total. The van der Waals surface area contributed by atoms with E-state index < -0.39 is 10.8 Å². The van der Waals surface area contributed by atoms with Gasteiger partial charge in [-0.1, -0.05) is 15.9 Å². The molecule has 0 aromatic heterocycles. The van der Waals surface area contributed by atoms with E-state index in [0.29, 0.717) is 17.0 Å². The molecule has 0 aliphatic carbocycles. The average Bonchev–Trinajstić information content (AvgIpc) is 2.78. The fourth-order valence-electron chi connectivity index (χ4n) is 2.72. The summed E-state index contributed by atoms with van der Waals surface area (Å²) in [4.78, 5) is 22.8. The second-order valence-electron chi connectivity index (χ2n) is 6.66. The number of carbonyl (C=O) groups is 1. The molecule has 0 bridgehead atoms. The molecular weight excluding hydrogens is 716 g/mol. The van der Waals surface area contributed by atoms with Crippen LogP contribution < -0.4 is 10.1 Å². The van der Waals surface area contributed by atoms with Gasteiger partial charge >= 0.3 is 0 Å². The van der Waals surface area contributed by atoms with Crippen LogP contribution in [-0.2, 0) is 11.4 Å². The van der Waals surface area contributed by atoms with Gasteiger partial charge in [0.05, 0.1) is 12.1 Å². The Balaban J connectivity index is 1.74. The molecule has 166 valence electrons. The smallest absolute Gasteiger partial charge is 0.269 e. The van der Waals surface area contributed by atoms with Crippen LogP contribution in [0, 0.1) is 28.6 Å². The SMILES string of the molecule is N#C/C(=C/c1cc(I)c(OCc2ccc([N+](=O)[O-])cc2)c(I)c1)C(=O)Nc1ccc(Br)cc1. The first-order chi connectivity index (χ1) is 15.8. The normalized spacial score (nSPS) is 10.9. The van der Waals surface area contributed by atoms with Gasteiger partial charge in [0.25, 0.3) is 11.6 Å². The Bertz CT molecular complexity index is 1250. The average molecular weight is 730 g/mol. The predicted octanol–water partition coefficient (Wildman–Crippen LogP) is 6.69. The quantitative estimate of drug-likeness (QED) is 0.0960. The van der Waals surface area contributed by atoms with Gasteiger partial charge in [-0.05, 0) is 111 Å². The van der Waals surface area contributed by atoms with Crippen molar-refractivity contribution in [2.75, 3.05) is 5.32 Å². The van der Waals surface area contributed by atoms with E-state index >= 15 is 0 Å². The highest BCUT2D eigenvalue weighted by Gasteiger charge is 2.13. The number of nitro groups is 1. The summed E-state index contributed by atoms with van der Waals surface area (Å²) >= 11 is 7.60. The number of non-ortho nitro benzene ring substituents is 1. The summed E-state index contributed by atoms with van der Waals surface area (Å²) < 4.78 is 8.42. The van der Waals surface area contributed by atoms with Gasteiger partial charge in [-0.2, -0.15) is 5.26 Å². The molecule has 3 rings (SSSR count). The predicted molar refractivity (Wildman–Crippen MR) is 146 cm³/mol. The molecule has 0 unspecified atom stereocenters. The van der Waals surface area contributed by atoms with Gasteiger partial charge in [-0.3, -0.25) is 14.9 Å². The fraction of sp³-hybridized carbons (Fsp3) is 0.0435. The highest BCUT2D eigenvalue weighted by Crippen LogP contribution is 2.31. The summed E-state index contributed by atoms with van der Waals surface area (Å²) in [6.45, 7) is 0.248. The van der Waals surface area contributed by atoms with Gasteiger partial charge in [0.15, 0.2) is 0 Å². The molecule has 0 atom stereocenters. The van der Waals surface area contributed by atoms with Crippen LogP contribution in [0.3, 0.4) is 0 Å². The molecule has 10 heteroatoms. The first kappa shape index (κ1) is 25.1. The van der Waals surface area contributed by atoms with Gasteiger partial charge in [0.2, 0.25) is 0 Å². The van der Waals surface area contributed by atoms with Crippen molar-refractivity contribution < 1.29 is 14.5 Å². The van der Waals surface area contributed by atoms with Crippen LogP contribution in [0.1, 0.15) is 11.1 Å². The Morgan fingerprint density at radius 2 is 1.73 bits per heavy atom. The van der Waals surface area contributed by atoms with Crippen molar-refractivity contribution in [2.45, 2.75) is 6.61 Å². The number of nitriles is 1. The van der Waals surface area contributed by atoms with Crippen molar-refractivity contribution in [2.24, 2.45) is 0 Å². The number of amides is 1. The molecule has 0 saturated carbocycles. The largest absolute Gasteiger partial charge is 0.487 e. The number of ether oxygens (including phenoxy) is 1. The first-order valence-electron chi connectivity index (χ1n) is 9.30. The van der Waals surface area contributed by atoms with E-state index in [9.17, 15) is 20.2 Å². The Hall–Kier alpha value is -2.50. The molecule has 0 aliphatic heterocycles. The molecule has 0 aliphatic rings. The van der Waals surface area contributed by atoms with E-state index in [4.69, 9.17) is 4.74 Å². The maximum Gasteiger partial charge on any atom is 0.269 e. The van der Waals surface area contributed by atoms with E-state index in [1.165, 1.54) is 18.2 Å². The van der Waals surface area contributed by atoms with Gasteiger partial charge < -0.3 is 10.1 Å². The molecular formula is C23H14BrI2N3O4. The van der Waals surface area contributed by atoms with Crippen LogP contribution >= 0.6 is 61.1 Å². The van der Waals surface area contributed by atoms with Crippen LogP contribution in [0.4, 0.5) is 11.4 Å². The number of carbonyl (C=O) groups excluding carboxylic acids is 1. The van der Waals surface area contributed by atoms with Crippen molar-refractivity contribution in [3.8, 4) is 11.8 Å². The van der Waals surface area contributed by atoms with Crippen molar-refractivity contribution in [1.82, 2.24) is 0 Å². The standard InChI is InChI=1S/C23H14BrI2N3O4/c24-17-3-5-18(6-4-17)28-23(30)16(12-27)9-15-10-20(25)22(21(26)11-15)33-13-14-1-7-19(8-2-14)29(31)32/h1-11H,13H2,(H,28,30)/b16-9-. The highest BCUT2D eigenvalue weighted by atomic mass is 127. The molecule has 7 nitrogen and oxygen atoms in total. The molecule has 1 amide bonds. The third-order valence-corrected chi connectivity index (χ3v) is 6.46. The Kier molecular flexibility index (Phi) is 8.81. The lowest BCUT2D eigenvalue weighted by molar-refractivity contribution is -0.384. The lowest BCUT2D eigenvalue weighted by atomic mass is 10.1. The maximum atomic E-state index is 12.5. The molecule has 0 spiro atoms. The Morgan fingerprint density at radius 1 is 1.12 bits per heavy atom. The summed E-state index contributed by atoms with van der Waals surface area (Å²) in [5, 5.41) is 23.0. The topological polar surface area (TPSA) is 105 Å². The Morgan fingerprint density at radius 3 is 2.27 bits per heavy atom. The van der Waals surface area contributed by atoms with E-state index in [1.807, 2.05) is 18.2 Å². The molecule has 0 heterocycles. The zero-order valence-corrected chi connectivity index (χ0v) is 22.6. The second-order valence-corrected chi connectivity index (χ2v) is 9.90. The Labute approximate surface area is 225 Å². The minimum absolute atomic E-state index is 0.0240. The van der Waals surface area contributed by atoms with Gasteiger partial charge in [0.1, 0.15) is 24.0 Å². The van der Waals surface area contributed by atoms with Crippen molar-refractivity contribution in [3.05, 3.63) is 99.1 Å². The number of anilines is 1. The number of nitrogens with one attached hydrogen (secondary N) is 1. The van der Waals surface area contributed by atoms with Gasteiger partial charge in [-0.15, -0.1) is 0 Å². The number of halogens is 3. The summed E-state index contributed by atoms with van der Waals surface area (Å²) in [6.07, 6.45) is 1.53. The van der Waals surface area contributed by atoms with Crippen LogP contribution in [-0.4, -0.2) is 10.8 Å². The van der Waals surface area contributed by atoms with Crippen molar-refractivity contribution in [1.29, 1.82) is 5.26 Å². The molecule has 3 aromatic rings. The van der Waals surface area contributed by atoms with E-state index in [-0.39, 0.29) is 17.9 Å². The summed E-state index contributed by atoms with van der Waals surface area (Å²) in [5.74, 6) is 0.160. The van der Waals surface area contributed by atoms with E-state index in [2.05, 4.69) is 66.4 Å². The second kappa shape index (κ2) is 11.6. The van der Waals surface area contributed by atoms with Crippen LogP contribution in [0.15, 0.2) is 70.7 Å². The molecule has 3 aromatic carbocycles. The number of benzene rings is 3. The number of hydrogen-bond donors (Lipinski definition) is 1. The minimum Gasteiger partial charge on any atom is -0.487 e. The zero-order chi connectivity index (χ0) is 24.0. The molecule has 33 heavy (non-hydrogen) atoms. The number of hydrogen-bond acceptors (Lipinski definition) is 5. The van der Waals surface area contributed by atoms with Crippen LogP contribution in [0.25, 0.3) is 6.08 Å². The lowest BCUT2D eigenvalue weighted by Crippen LogP contribution is -2.13. The van der Waals surface area contributed by atoms with Crippen molar-refractivity contribution in [3.63, 3.8) is 0 Å². The number of rotatable bonds is 7. The zero-order valence-electron chi connectivity index (χ0n) is 16.7. The van der Waals surface area contributed by atoms with Crippen LogP contribution in [0.2, 0.25) is 0 Å². The summed E-state index contributed by atoms with van der Waals surface area (Å²) in [6, 6.07) is 18.8. The van der Waals surface area contributed by atoms with Gasteiger partial charge in [0, 0.05) is 22.3 Å². The van der Waals surface area contributed by atoms with Crippen molar-refractivity contribution >= 4 is 84.5 Å². The molecule has 0 saturated heterocycles. The van der Waals surface area contributed by atoms with E-state index in [0.717, 1.165) is 17.2 Å². The van der Waals surface area contributed by atoms with E-state index in [1.54, 1.807) is 36.4 Å². The third kappa shape index (κ3) is 6.99.